The Morgan fingerprint density at radius 1 is 1.11 bits per heavy atom. The monoisotopic (exact) mass is 394 g/mol. The van der Waals surface area contributed by atoms with Crippen molar-refractivity contribution in [2.45, 2.75) is 6.42 Å². The molecule has 0 saturated carbocycles. The van der Waals surface area contributed by atoms with Crippen LogP contribution in [0.1, 0.15) is 5.56 Å². The number of hydrogen-bond donors (Lipinski definition) is 3. The van der Waals surface area contributed by atoms with Gasteiger partial charge < -0.3 is 15.6 Å². The summed E-state index contributed by atoms with van der Waals surface area (Å²) >= 11 is 5.77. The van der Waals surface area contributed by atoms with Gasteiger partial charge in [0.05, 0.1) is 23.3 Å². The molecule has 0 spiro atoms. The second kappa shape index (κ2) is 7.70. The lowest BCUT2D eigenvalue weighted by molar-refractivity contribution is -0.115. The number of nitrogens with one attached hydrogen (secondary N) is 3. The molecule has 0 saturated heterocycles. The van der Waals surface area contributed by atoms with E-state index in [4.69, 9.17) is 11.6 Å². The third-order valence-corrected chi connectivity index (χ3v) is 4.55. The number of carbonyl (C=O) groups is 1. The van der Waals surface area contributed by atoms with Crippen molar-refractivity contribution in [1.29, 1.82) is 0 Å². The van der Waals surface area contributed by atoms with Crippen LogP contribution in [0, 0.1) is 5.82 Å². The fraction of sp³-hybridized carbons (Fsp3) is 0.0476. The highest BCUT2D eigenvalue weighted by atomic mass is 35.5. The van der Waals surface area contributed by atoms with E-state index < -0.39 is 5.82 Å². The van der Waals surface area contributed by atoms with Crippen molar-refractivity contribution in [3.63, 3.8) is 0 Å². The molecular weight excluding hydrogens is 379 g/mol. The van der Waals surface area contributed by atoms with E-state index in [-0.39, 0.29) is 17.4 Å². The zero-order valence-corrected chi connectivity index (χ0v) is 15.4. The average molecular weight is 395 g/mol. The third kappa shape index (κ3) is 3.97. The Bertz CT molecular complexity index is 1140. The molecule has 4 aromatic rings. The molecule has 4 rings (SSSR count). The van der Waals surface area contributed by atoms with Crippen molar-refractivity contribution in [3.05, 3.63) is 83.4 Å². The van der Waals surface area contributed by atoms with E-state index >= 15 is 0 Å². The van der Waals surface area contributed by atoms with Crippen molar-refractivity contribution < 1.29 is 9.18 Å². The molecule has 0 bridgehead atoms. The van der Waals surface area contributed by atoms with Gasteiger partial charge in [-0.15, -0.1) is 0 Å². The number of aromatic amines is 1. The second-order valence-corrected chi connectivity index (χ2v) is 6.68. The van der Waals surface area contributed by atoms with Gasteiger partial charge in [-0.05, 0) is 42.0 Å². The number of benzene rings is 2. The van der Waals surface area contributed by atoms with Crippen LogP contribution in [0.25, 0.3) is 10.9 Å². The van der Waals surface area contributed by atoms with E-state index in [1.165, 1.54) is 12.1 Å². The standard InChI is InChI=1S/C21H16ClFN4O/c22-17-10-14(5-7-18(17)23)26-20-8-6-15(12-25-20)27-21(28)9-13-11-24-19-4-2-1-3-16(13)19/h1-8,10-12,24H,9H2,(H,25,26)(H,27,28). The Balaban J connectivity index is 1.39. The number of hydrogen-bond acceptors (Lipinski definition) is 3. The molecule has 0 aliphatic rings. The van der Waals surface area contributed by atoms with Crippen molar-refractivity contribution in [2.24, 2.45) is 0 Å². The molecule has 0 fully saturated rings. The van der Waals surface area contributed by atoms with Crippen LogP contribution >= 0.6 is 11.6 Å². The molecule has 2 aromatic heterocycles. The molecule has 1 amide bonds. The van der Waals surface area contributed by atoms with E-state index in [1.54, 1.807) is 24.4 Å². The summed E-state index contributed by atoms with van der Waals surface area (Å²) in [6, 6.07) is 15.6. The highest BCUT2D eigenvalue weighted by Crippen LogP contribution is 2.23. The molecule has 0 aliphatic carbocycles. The van der Waals surface area contributed by atoms with Gasteiger partial charge in [-0.3, -0.25) is 4.79 Å². The first-order valence-corrected chi connectivity index (χ1v) is 8.99. The van der Waals surface area contributed by atoms with Crippen LogP contribution in [0.4, 0.5) is 21.6 Å². The summed E-state index contributed by atoms with van der Waals surface area (Å²) in [5, 5.41) is 6.94. The maximum Gasteiger partial charge on any atom is 0.228 e. The predicted octanol–water partition coefficient (Wildman–Crippen LogP) is 5.28. The Kier molecular flexibility index (Phi) is 4.95. The average Bonchev–Trinajstić information content (AvgIpc) is 3.09. The summed E-state index contributed by atoms with van der Waals surface area (Å²) < 4.78 is 13.2. The van der Waals surface area contributed by atoms with Crippen LogP contribution in [0.2, 0.25) is 5.02 Å². The number of pyridine rings is 1. The van der Waals surface area contributed by atoms with Gasteiger partial charge in [0.25, 0.3) is 0 Å². The van der Waals surface area contributed by atoms with Crippen molar-refractivity contribution in [2.75, 3.05) is 10.6 Å². The quantitative estimate of drug-likeness (QED) is 0.431. The SMILES string of the molecule is O=C(Cc1c[nH]c2ccccc12)Nc1ccc(Nc2ccc(F)c(Cl)c2)nc1. The molecule has 140 valence electrons. The highest BCUT2D eigenvalue weighted by molar-refractivity contribution is 6.31. The van der Waals surface area contributed by atoms with Crippen LogP contribution in [0.15, 0.2) is 67.0 Å². The summed E-state index contributed by atoms with van der Waals surface area (Å²) in [6.07, 6.45) is 3.67. The molecule has 28 heavy (non-hydrogen) atoms. The Hall–Kier alpha value is -3.38. The summed E-state index contributed by atoms with van der Waals surface area (Å²) in [4.78, 5) is 19.8. The largest absolute Gasteiger partial charge is 0.361 e. The summed E-state index contributed by atoms with van der Waals surface area (Å²) in [7, 11) is 0. The molecule has 0 aliphatic heterocycles. The maximum atomic E-state index is 13.2. The Labute approximate surface area is 165 Å². The molecule has 7 heteroatoms. The number of carbonyl (C=O) groups excluding carboxylic acids is 1. The lowest BCUT2D eigenvalue weighted by atomic mass is 10.1. The lowest BCUT2D eigenvalue weighted by Gasteiger charge is -2.08. The third-order valence-electron chi connectivity index (χ3n) is 4.27. The fourth-order valence-corrected chi connectivity index (χ4v) is 3.10. The van der Waals surface area contributed by atoms with E-state index in [9.17, 15) is 9.18 Å². The number of para-hydroxylation sites is 1. The Morgan fingerprint density at radius 2 is 1.93 bits per heavy atom. The zero-order valence-electron chi connectivity index (χ0n) is 14.7. The molecule has 5 nitrogen and oxygen atoms in total. The number of fused-ring (bicyclic) bond motifs is 1. The lowest BCUT2D eigenvalue weighted by Crippen LogP contribution is -2.14. The van der Waals surface area contributed by atoms with Crippen LogP contribution < -0.4 is 10.6 Å². The van der Waals surface area contributed by atoms with Crippen LogP contribution in [0.5, 0.6) is 0 Å². The number of rotatable bonds is 5. The smallest absolute Gasteiger partial charge is 0.228 e. The maximum absolute atomic E-state index is 13.2. The van der Waals surface area contributed by atoms with E-state index in [1.807, 2.05) is 30.5 Å². The number of anilines is 3. The van der Waals surface area contributed by atoms with Gasteiger partial charge >= 0.3 is 0 Å². The fourth-order valence-electron chi connectivity index (χ4n) is 2.92. The van der Waals surface area contributed by atoms with E-state index in [0.29, 0.717) is 17.2 Å². The first kappa shape index (κ1) is 18.0. The Morgan fingerprint density at radius 3 is 2.71 bits per heavy atom. The van der Waals surface area contributed by atoms with Gasteiger partial charge in [0.1, 0.15) is 11.6 Å². The first-order chi connectivity index (χ1) is 13.6. The van der Waals surface area contributed by atoms with Gasteiger partial charge in [0.2, 0.25) is 5.91 Å². The van der Waals surface area contributed by atoms with E-state index in [0.717, 1.165) is 16.5 Å². The number of nitrogens with zero attached hydrogens (tertiary/aromatic N) is 1. The number of halogens is 2. The summed E-state index contributed by atoms with van der Waals surface area (Å²) in [5.41, 5.74) is 3.15. The molecule has 0 unspecified atom stereocenters. The molecular formula is C21H16ClFN4O. The summed E-state index contributed by atoms with van der Waals surface area (Å²) in [6.45, 7) is 0. The highest BCUT2D eigenvalue weighted by Gasteiger charge is 2.09. The minimum atomic E-state index is -0.478. The van der Waals surface area contributed by atoms with Crippen molar-refractivity contribution >= 4 is 45.6 Å². The van der Waals surface area contributed by atoms with Crippen LogP contribution in [0.3, 0.4) is 0 Å². The van der Waals surface area contributed by atoms with Gasteiger partial charge in [0, 0.05) is 22.8 Å². The molecule has 2 aromatic carbocycles. The van der Waals surface area contributed by atoms with Gasteiger partial charge in [-0.25, -0.2) is 9.37 Å². The zero-order chi connectivity index (χ0) is 19.5. The topological polar surface area (TPSA) is 69.8 Å². The molecule has 0 atom stereocenters. The van der Waals surface area contributed by atoms with Gasteiger partial charge in [0.15, 0.2) is 0 Å². The van der Waals surface area contributed by atoms with Crippen molar-refractivity contribution in [3.8, 4) is 0 Å². The minimum absolute atomic E-state index is 0.0335. The summed E-state index contributed by atoms with van der Waals surface area (Å²) in [5.74, 6) is -0.0525. The number of aromatic nitrogens is 2. The second-order valence-electron chi connectivity index (χ2n) is 6.27. The molecule has 0 radical (unpaired) electrons. The number of H-pyrrole nitrogens is 1. The van der Waals surface area contributed by atoms with Crippen molar-refractivity contribution in [1.82, 2.24) is 9.97 Å². The van der Waals surface area contributed by atoms with Crippen LogP contribution in [-0.2, 0) is 11.2 Å². The predicted molar refractivity (Wildman–Crippen MR) is 110 cm³/mol. The molecule has 3 N–H and O–H groups in total. The van der Waals surface area contributed by atoms with E-state index in [2.05, 4.69) is 20.6 Å². The van der Waals surface area contributed by atoms with Gasteiger partial charge in [-0.2, -0.15) is 0 Å². The minimum Gasteiger partial charge on any atom is -0.361 e. The first-order valence-electron chi connectivity index (χ1n) is 8.61. The molecule has 2 heterocycles. The normalized spacial score (nSPS) is 10.8. The number of amides is 1. The van der Waals surface area contributed by atoms with Crippen LogP contribution in [-0.4, -0.2) is 15.9 Å². The van der Waals surface area contributed by atoms with Gasteiger partial charge in [-0.1, -0.05) is 29.8 Å².